The summed E-state index contributed by atoms with van der Waals surface area (Å²) in [5.41, 5.74) is 0.819. The predicted molar refractivity (Wildman–Crippen MR) is 142 cm³/mol. The van der Waals surface area contributed by atoms with E-state index < -0.39 is 45.6 Å². The van der Waals surface area contributed by atoms with Gasteiger partial charge in [0.1, 0.15) is 11.9 Å². The van der Waals surface area contributed by atoms with Gasteiger partial charge in [-0.25, -0.2) is 27.6 Å². The van der Waals surface area contributed by atoms with Crippen LogP contribution in [0.5, 0.6) is 0 Å². The molecule has 1 aliphatic rings. The number of amides is 3. The minimum absolute atomic E-state index is 0.0682. The summed E-state index contributed by atoms with van der Waals surface area (Å²) < 4.78 is 42.6. The summed E-state index contributed by atoms with van der Waals surface area (Å²) >= 11 is 0. The number of ether oxygens (including phenoxy) is 1. The van der Waals surface area contributed by atoms with Crippen LogP contribution in [0.1, 0.15) is 39.6 Å². The first kappa shape index (κ1) is 28.6. The maximum absolute atomic E-state index is 14.6. The van der Waals surface area contributed by atoms with Crippen LogP contribution >= 0.6 is 0 Å². The topological polar surface area (TPSA) is 144 Å². The highest BCUT2D eigenvalue weighted by molar-refractivity contribution is 7.89. The third-order valence-corrected chi connectivity index (χ3v) is 7.32. The number of primary sulfonamides is 1. The minimum atomic E-state index is -3.89. The Labute approximate surface area is 230 Å². The van der Waals surface area contributed by atoms with Gasteiger partial charge in [-0.15, -0.1) is 0 Å². The van der Waals surface area contributed by atoms with Gasteiger partial charge in [0.25, 0.3) is 11.8 Å². The van der Waals surface area contributed by atoms with Gasteiger partial charge in [-0.2, -0.15) is 0 Å². The van der Waals surface area contributed by atoms with E-state index in [0.717, 1.165) is 15.9 Å². The fourth-order valence-electron chi connectivity index (χ4n) is 4.38. The van der Waals surface area contributed by atoms with Gasteiger partial charge in [-0.1, -0.05) is 24.3 Å². The molecule has 0 bridgehead atoms. The van der Waals surface area contributed by atoms with E-state index in [0.29, 0.717) is 5.56 Å². The Kier molecular flexibility index (Phi) is 8.40. The molecule has 208 valence electrons. The second-order valence-corrected chi connectivity index (χ2v) is 10.5. The van der Waals surface area contributed by atoms with Crippen LogP contribution in [-0.4, -0.2) is 56.2 Å². The summed E-state index contributed by atoms with van der Waals surface area (Å²) in [6.07, 6.45) is -0.152. The number of sulfonamides is 1. The molecule has 1 fully saturated rings. The number of nitrogens with two attached hydrogens (primary N) is 1. The number of benzene rings is 3. The molecule has 0 radical (unpaired) electrons. The normalized spacial score (nSPS) is 15.3. The summed E-state index contributed by atoms with van der Waals surface area (Å²) in [6, 6.07) is 15.5. The zero-order valence-corrected chi connectivity index (χ0v) is 22.3. The molecule has 0 aliphatic carbocycles. The SMILES string of the molecule is CCOC(=O)c1ccc(N2C(=O)CC(N(CCc3ccc(S(N)(=O)=O)cc3)C(=O)c3ccccc3F)C2=O)cc1. The highest BCUT2D eigenvalue weighted by Gasteiger charge is 2.44. The number of carbonyl (C=O) groups is 4. The largest absolute Gasteiger partial charge is 0.462 e. The molecule has 0 aromatic heterocycles. The van der Waals surface area contributed by atoms with E-state index in [4.69, 9.17) is 9.88 Å². The Morgan fingerprint density at radius 3 is 2.27 bits per heavy atom. The van der Waals surface area contributed by atoms with Crippen LogP contribution in [0.4, 0.5) is 10.1 Å². The number of rotatable bonds is 9. The van der Waals surface area contributed by atoms with E-state index in [9.17, 15) is 32.0 Å². The van der Waals surface area contributed by atoms with Crippen molar-refractivity contribution < 1.29 is 36.7 Å². The fourth-order valence-corrected chi connectivity index (χ4v) is 4.89. The summed E-state index contributed by atoms with van der Waals surface area (Å²) in [7, 11) is -3.89. The van der Waals surface area contributed by atoms with Crippen LogP contribution in [0, 0.1) is 5.82 Å². The molecule has 0 spiro atoms. The number of anilines is 1. The lowest BCUT2D eigenvalue weighted by atomic mass is 10.1. The van der Waals surface area contributed by atoms with E-state index in [1.165, 1.54) is 66.7 Å². The van der Waals surface area contributed by atoms with E-state index in [-0.39, 0.29) is 47.7 Å². The smallest absolute Gasteiger partial charge is 0.338 e. The third kappa shape index (κ3) is 6.08. The third-order valence-electron chi connectivity index (χ3n) is 6.39. The van der Waals surface area contributed by atoms with Gasteiger partial charge in [0.05, 0.1) is 34.7 Å². The van der Waals surface area contributed by atoms with Gasteiger partial charge in [0, 0.05) is 6.54 Å². The molecule has 3 amide bonds. The molecule has 12 heteroatoms. The molecule has 3 aromatic carbocycles. The van der Waals surface area contributed by atoms with Crippen LogP contribution in [-0.2, 0) is 30.8 Å². The van der Waals surface area contributed by atoms with Crippen molar-refractivity contribution in [2.75, 3.05) is 18.1 Å². The van der Waals surface area contributed by atoms with E-state index in [1.54, 1.807) is 6.92 Å². The van der Waals surface area contributed by atoms with Gasteiger partial charge < -0.3 is 9.64 Å². The molecule has 0 saturated carbocycles. The molecule has 2 N–H and O–H groups in total. The van der Waals surface area contributed by atoms with E-state index >= 15 is 0 Å². The Hall–Kier alpha value is -4.42. The second-order valence-electron chi connectivity index (χ2n) is 8.97. The zero-order chi connectivity index (χ0) is 29.0. The molecule has 1 heterocycles. The van der Waals surface area contributed by atoms with E-state index in [1.807, 2.05) is 0 Å². The molecule has 1 atom stereocenters. The highest BCUT2D eigenvalue weighted by Crippen LogP contribution is 2.28. The number of hydrogen-bond acceptors (Lipinski definition) is 7. The molecule has 1 saturated heterocycles. The number of imide groups is 1. The molecular weight excluding hydrogens is 541 g/mol. The van der Waals surface area contributed by atoms with Gasteiger partial charge in [0.2, 0.25) is 15.9 Å². The molecule has 1 unspecified atom stereocenters. The minimum Gasteiger partial charge on any atom is -0.462 e. The highest BCUT2D eigenvalue weighted by atomic mass is 32.2. The fraction of sp³-hybridized carbons (Fsp3) is 0.214. The standard InChI is InChI=1S/C28H26FN3O7S/c1-2-39-28(36)19-9-11-20(12-10-19)32-25(33)17-24(27(32)35)31(26(34)22-5-3-4-6-23(22)29)16-15-18-7-13-21(14-8-18)40(30,37)38/h3-14,24H,2,15-17H2,1H3,(H2,30,37,38). The lowest BCUT2D eigenvalue weighted by molar-refractivity contribution is -0.122. The molecule has 4 rings (SSSR count). The lowest BCUT2D eigenvalue weighted by Gasteiger charge is -2.28. The Morgan fingerprint density at radius 1 is 1.02 bits per heavy atom. The monoisotopic (exact) mass is 567 g/mol. The van der Waals surface area contributed by atoms with Crippen molar-refractivity contribution in [1.82, 2.24) is 4.90 Å². The summed E-state index contributed by atoms with van der Waals surface area (Å²) in [4.78, 5) is 53.9. The van der Waals surface area contributed by atoms with Gasteiger partial charge in [-0.05, 0) is 67.4 Å². The van der Waals surface area contributed by atoms with Crippen molar-refractivity contribution >= 4 is 39.4 Å². The van der Waals surface area contributed by atoms with Crippen molar-refractivity contribution in [2.24, 2.45) is 5.14 Å². The lowest BCUT2D eigenvalue weighted by Crippen LogP contribution is -2.46. The van der Waals surface area contributed by atoms with Gasteiger partial charge in [-0.3, -0.25) is 14.4 Å². The van der Waals surface area contributed by atoms with Crippen LogP contribution in [0.15, 0.2) is 77.7 Å². The first-order valence-electron chi connectivity index (χ1n) is 12.3. The van der Waals surface area contributed by atoms with Crippen LogP contribution in [0.2, 0.25) is 0 Å². The summed E-state index contributed by atoms with van der Waals surface area (Å²) in [5, 5.41) is 5.14. The Bertz CT molecular complexity index is 1560. The maximum atomic E-state index is 14.6. The van der Waals surface area contributed by atoms with Gasteiger partial charge in [0.15, 0.2) is 0 Å². The van der Waals surface area contributed by atoms with Crippen LogP contribution in [0.25, 0.3) is 0 Å². The number of hydrogen-bond donors (Lipinski definition) is 1. The average Bonchev–Trinajstić information content (AvgIpc) is 3.22. The van der Waals surface area contributed by atoms with Crippen molar-refractivity contribution in [3.8, 4) is 0 Å². The molecular formula is C28H26FN3O7S. The predicted octanol–water partition coefficient (Wildman–Crippen LogP) is 2.67. The number of esters is 1. The average molecular weight is 568 g/mol. The van der Waals surface area contributed by atoms with Crippen molar-refractivity contribution in [3.63, 3.8) is 0 Å². The van der Waals surface area contributed by atoms with Crippen LogP contribution < -0.4 is 10.0 Å². The van der Waals surface area contributed by atoms with Crippen molar-refractivity contribution in [1.29, 1.82) is 0 Å². The summed E-state index contributed by atoms with van der Waals surface area (Å²) in [6.45, 7) is 1.79. The quantitative estimate of drug-likeness (QED) is 0.309. The number of halogens is 1. The van der Waals surface area contributed by atoms with Crippen LogP contribution in [0.3, 0.4) is 0 Å². The van der Waals surface area contributed by atoms with Crippen molar-refractivity contribution in [3.05, 3.63) is 95.3 Å². The number of carbonyl (C=O) groups excluding carboxylic acids is 4. The summed E-state index contributed by atoms with van der Waals surface area (Å²) in [5.74, 6) is -3.35. The van der Waals surface area contributed by atoms with Gasteiger partial charge >= 0.3 is 5.97 Å². The Morgan fingerprint density at radius 2 is 1.68 bits per heavy atom. The van der Waals surface area contributed by atoms with E-state index in [2.05, 4.69) is 0 Å². The zero-order valence-electron chi connectivity index (χ0n) is 21.4. The molecule has 3 aromatic rings. The molecule has 40 heavy (non-hydrogen) atoms. The Balaban J connectivity index is 1.61. The molecule has 10 nitrogen and oxygen atoms in total. The second kappa shape index (κ2) is 11.8. The molecule has 1 aliphatic heterocycles. The maximum Gasteiger partial charge on any atom is 0.338 e. The number of nitrogens with zero attached hydrogens (tertiary/aromatic N) is 2. The first-order chi connectivity index (χ1) is 19.0. The van der Waals surface area contributed by atoms with Crippen molar-refractivity contribution in [2.45, 2.75) is 30.7 Å². The first-order valence-corrected chi connectivity index (χ1v) is 13.9.